The minimum absolute atomic E-state index is 0.0131. The van der Waals surface area contributed by atoms with Gasteiger partial charge in [-0.15, -0.1) is 0 Å². The van der Waals surface area contributed by atoms with Crippen LogP contribution in [-0.4, -0.2) is 37.1 Å². The summed E-state index contributed by atoms with van der Waals surface area (Å²) >= 11 is 1.21. The van der Waals surface area contributed by atoms with Crippen molar-refractivity contribution in [1.82, 2.24) is 4.98 Å². The van der Waals surface area contributed by atoms with Crippen LogP contribution in [0.2, 0.25) is 0 Å². The average Bonchev–Trinajstić information content (AvgIpc) is 3.24. The molecule has 0 saturated carbocycles. The molecule has 0 aliphatic heterocycles. The summed E-state index contributed by atoms with van der Waals surface area (Å²) in [7, 11) is 3.92. The minimum atomic E-state index is -0.745. The normalized spacial score (nSPS) is 10.6. The number of thiazole rings is 1. The number of carbonyl (C=O) groups excluding carboxylic acids is 1. The second kappa shape index (κ2) is 9.63. The summed E-state index contributed by atoms with van der Waals surface area (Å²) in [5.74, 6) is 0.464. The number of ether oxygens (including phenoxy) is 4. The average molecular weight is 481 g/mol. The van der Waals surface area contributed by atoms with Crippen LogP contribution in [0.25, 0.3) is 10.2 Å². The van der Waals surface area contributed by atoms with Gasteiger partial charge in [0.15, 0.2) is 10.9 Å². The Bertz CT molecular complexity index is 1370. The third-order valence-corrected chi connectivity index (χ3v) is 5.72. The molecule has 0 bridgehead atoms. The Hall–Kier alpha value is -4.38. The molecule has 0 fully saturated rings. The maximum Gasteiger partial charge on any atom is 0.327 e. The Labute approximate surface area is 197 Å². The third-order valence-electron chi connectivity index (χ3n) is 4.79. The molecular formula is C23H19N3O7S. The summed E-state index contributed by atoms with van der Waals surface area (Å²) in [6, 6.07) is 15.9. The van der Waals surface area contributed by atoms with Crippen LogP contribution in [0.1, 0.15) is 10.4 Å². The molecule has 1 aromatic heterocycles. The molecule has 4 aromatic rings. The molecule has 174 valence electrons. The first-order valence-corrected chi connectivity index (χ1v) is 10.7. The number of aromatic nitrogens is 1. The second-order valence-corrected chi connectivity index (χ2v) is 7.85. The lowest BCUT2D eigenvalue weighted by Gasteiger charge is -2.14. The van der Waals surface area contributed by atoms with Gasteiger partial charge >= 0.3 is 5.69 Å². The summed E-state index contributed by atoms with van der Waals surface area (Å²) in [6.45, 7) is 0. The Balaban J connectivity index is 1.66. The summed E-state index contributed by atoms with van der Waals surface area (Å²) in [6.07, 6.45) is 0. The molecule has 4 rings (SSSR count). The maximum atomic E-state index is 13.0. The molecule has 1 N–H and O–H groups in total. The van der Waals surface area contributed by atoms with E-state index in [0.29, 0.717) is 17.0 Å². The molecule has 0 atom stereocenters. The number of fused-ring (bicyclic) bond motifs is 1. The monoisotopic (exact) mass is 481 g/mol. The van der Waals surface area contributed by atoms with Crippen molar-refractivity contribution in [2.75, 3.05) is 26.6 Å². The van der Waals surface area contributed by atoms with Gasteiger partial charge in [0.2, 0.25) is 11.5 Å². The Kier molecular flexibility index (Phi) is 6.46. The second-order valence-electron chi connectivity index (χ2n) is 6.82. The topological polar surface area (TPSA) is 122 Å². The summed E-state index contributed by atoms with van der Waals surface area (Å²) in [5, 5.41) is 14.7. The number of hydrogen-bond donors (Lipinski definition) is 1. The highest BCUT2D eigenvalue weighted by Gasteiger charge is 2.32. The molecule has 1 amide bonds. The number of rotatable bonds is 8. The number of benzene rings is 3. The number of nitrogens with zero attached hydrogens (tertiary/aromatic N) is 2. The van der Waals surface area contributed by atoms with Crippen LogP contribution in [0.15, 0.2) is 54.6 Å². The van der Waals surface area contributed by atoms with Gasteiger partial charge < -0.3 is 18.9 Å². The molecule has 0 radical (unpaired) electrons. The molecule has 11 heteroatoms. The molecule has 1 heterocycles. The first kappa shape index (κ1) is 22.8. The Morgan fingerprint density at radius 2 is 1.71 bits per heavy atom. The van der Waals surface area contributed by atoms with Gasteiger partial charge in [-0.3, -0.25) is 20.2 Å². The lowest BCUT2D eigenvalue weighted by Crippen LogP contribution is -2.15. The third kappa shape index (κ3) is 4.41. The molecule has 0 aliphatic rings. The van der Waals surface area contributed by atoms with Crippen LogP contribution < -0.4 is 24.3 Å². The SMILES string of the molecule is COc1cc(C(=O)Nc2nc3ccc(Oc4ccccc4)cc3s2)c([N+](=O)[O-])c(OC)c1OC. The molecule has 0 saturated heterocycles. The molecule has 0 spiro atoms. The van der Waals surface area contributed by atoms with Gasteiger partial charge in [0.05, 0.1) is 36.5 Å². The molecule has 34 heavy (non-hydrogen) atoms. The van der Waals surface area contributed by atoms with Crippen molar-refractivity contribution in [3.8, 4) is 28.7 Å². The number of methoxy groups -OCH3 is 3. The fourth-order valence-electron chi connectivity index (χ4n) is 3.31. The molecular weight excluding hydrogens is 462 g/mol. The zero-order valence-corrected chi connectivity index (χ0v) is 19.2. The van der Waals surface area contributed by atoms with Gasteiger partial charge in [-0.25, -0.2) is 4.98 Å². The largest absolute Gasteiger partial charge is 0.493 e. The number of nitro groups is 1. The van der Waals surface area contributed by atoms with Crippen molar-refractivity contribution in [3.63, 3.8) is 0 Å². The van der Waals surface area contributed by atoms with Crippen molar-refractivity contribution in [3.05, 3.63) is 70.3 Å². The fraction of sp³-hybridized carbons (Fsp3) is 0.130. The van der Waals surface area contributed by atoms with Crippen LogP contribution in [0.5, 0.6) is 28.7 Å². The van der Waals surface area contributed by atoms with Crippen molar-refractivity contribution in [1.29, 1.82) is 0 Å². The first-order valence-electron chi connectivity index (χ1n) is 9.87. The van der Waals surface area contributed by atoms with Gasteiger partial charge in [-0.2, -0.15) is 0 Å². The smallest absolute Gasteiger partial charge is 0.327 e. The highest BCUT2D eigenvalue weighted by molar-refractivity contribution is 7.22. The zero-order valence-electron chi connectivity index (χ0n) is 18.4. The van der Waals surface area contributed by atoms with Crippen LogP contribution >= 0.6 is 11.3 Å². The van der Waals surface area contributed by atoms with Gasteiger partial charge in [0.1, 0.15) is 17.1 Å². The van der Waals surface area contributed by atoms with E-state index in [1.54, 1.807) is 18.2 Å². The van der Waals surface area contributed by atoms with E-state index in [-0.39, 0.29) is 27.9 Å². The highest BCUT2D eigenvalue weighted by Crippen LogP contribution is 2.46. The van der Waals surface area contributed by atoms with E-state index in [0.717, 1.165) is 4.70 Å². The number of para-hydroxylation sites is 1. The van der Waals surface area contributed by atoms with Crippen molar-refractivity contribution in [2.45, 2.75) is 0 Å². The molecule has 10 nitrogen and oxygen atoms in total. The molecule has 3 aromatic carbocycles. The van der Waals surface area contributed by atoms with Gasteiger partial charge in [0, 0.05) is 12.1 Å². The summed E-state index contributed by atoms with van der Waals surface area (Å²) < 4.78 is 22.2. The first-order chi connectivity index (χ1) is 16.4. The number of carbonyl (C=O) groups is 1. The number of amides is 1. The van der Waals surface area contributed by atoms with Crippen molar-refractivity contribution in [2.24, 2.45) is 0 Å². The van der Waals surface area contributed by atoms with Gasteiger partial charge in [-0.05, 0) is 24.3 Å². The van der Waals surface area contributed by atoms with E-state index < -0.39 is 16.5 Å². The van der Waals surface area contributed by atoms with E-state index in [1.165, 1.54) is 38.7 Å². The van der Waals surface area contributed by atoms with Crippen molar-refractivity contribution >= 4 is 38.3 Å². The number of anilines is 1. The van der Waals surface area contributed by atoms with E-state index in [9.17, 15) is 14.9 Å². The Morgan fingerprint density at radius 1 is 0.971 bits per heavy atom. The lowest BCUT2D eigenvalue weighted by molar-refractivity contribution is -0.386. The van der Waals surface area contributed by atoms with Crippen molar-refractivity contribution < 1.29 is 28.7 Å². The predicted molar refractivity (Wildman–Crippen MR) is 127 cm³/mol. The van der Waals surface area contributed by atoms with E-state index >= 15 is 0 Å². The fourth-order valence-corrected chi connectivity index (χ4v) is 4.20. The maximum absolute atomic E-state index is 13.0. The number of hydrogen-bond acceptors (Lipinski definition) is 9. The predicted octanol–water partition coefficient (Wildman–Crippen LogP) is 5.27. The van der Waals surface area contributed by atoms with E-state index in [4.69, 9.17) is 18.9 Å². The van der Waals surface area contributed by atoms with Gasteiger partial charge in [0.25, 0.3) is 5.91 Å². The van der Waals surface area contributed by atoms with E-state index in [2.05, 4.69) is 10.3 Å². The van der Waals surface area contributed by atoms with Crippen LogP contribution in [0.4, 0.5) is 10.8 Å². The standard InChI is InChI=1S/C23H19N3O7S/c1-30-17-12-15(19(26(28)29)21(32-3)20(17)31-2)22(27)25-23-24-16-10-9-14(11-18(16)34-23)33-13-7-5-4-6-8-13/h4-12H,1-3H3,(H,24,25,27). The molecule has 0 aliphatic carbocycles. The quantitative estimate of drug-likeness (QED) is 0.267. The summed E-state index contributed by atoms with van der Waals surface area (Å²) in [5.41, 5.74) is -0.163. The number of nitro benzene ring substituents is 1. The molecule has 0 unspecified atom stereocenters. The van der Waals surface area contributed by atoms with Gasteiger partial charge in [-0.1, -0.05) is 29.5 Å². The minimum Gasteiger partial charge on any atom is -0.493 e. The number of nitrogens with one attached hydrogen (secondary N) is 1. The summed E-state index contributed by atoms with van der Waals surface area (Å²) in [4.78, 5) is 28.5. The zero-order chi connectivity index (χ0) is 24.2. The highest BCUT2D eigenvalue weighted by atomic mass is 32.1. The Morgan fingerprint density at radius 3 is 2.35 bits per heavy atom. The van der Waals surface area contributed by atoms with Crippen LogP contribution in [-0.2, 0) is 0 Å². The van der Waals surface area contributed by atoms with Crippen LogP contribution in [0.3, 0.4) is 0 Å². The van der Waals surface area contributed by atoms with Crippen LogP contribution in [0, 0.1) is 10.1 Å². The van der Waals surface area contributed by atoms with E-state index in [1.807, 2.05) is 30.3 Å². The lowest BCUT2D eigenvalue weighted by atomic mass is 10.1.